The number of benzene rings is 3. The summed E-state index contributed by atoms with van der Waals surface area (Å²) in [6.45, 7) is 0. The van der Waals surface area contributed by atoms with Crippen molar-refractivity contribution in [2.24, 2.45) is 0 Å². The Morgan fingerprint density at radius 2 is 1.71 bits per heavy atom. The molecule has 2 N–H and O–H groups in total. The molecule has 1 aliphatic heterocycles. The van der Waals surface area contributed by atoms with E-state index in [0.717, 1.165) is 4.90 Å². The van der Waals surface area contributed by atoms with Crippen molar-refractivity contribution in [2.45, 2.75) is 12.1 Å². The fraction of sp³-hybridized carbons (Fsp3) is 0.0870. The molecule has 0 aromatic heterocycles. The lowest BCUT2D eigenvalue weighted by Gasteiger charge is -2.34. The average Bonchev–Trinajstić information content (AvgIpc) is 2.85. The first-order chi connectivity index (χ1) is 14.9. The van der Waals surface area contributed by atoms with E-state index in [0.29, 0.717) is 26.3 Å². The van der Waals surface area contributed by atoms with Crippen molar-refractivity contribution in [3.8, 4) is 0 Å². The third kappa shape index (κ3) is 4.06. The van der Waals surface area contributed by atoms with E-state index >= 15 is 0 Å². The van der Waals surface area contributed by atoms with Crippen molar-refractivity contribution in [2.75, 3.05) is 5.32 Å². The first-order valence-electron chi connectivity index (χ1n) is 9.33. The van der Waals surface area contributed by atoms with Crippen molar-refractivity contribution < 1.29 is 19.5 Å². The molecule has 156 valence electrons. The van der Waals surface area contributed by atoms with Gasteiger partial charge in [-0.05, 0) is 41.5 Å². The highest BCUT2D eigenvalue weighted by atomic mass is 79.9. The molecule has 3 aromatic carbocycles. The van der Waals surface area contributed by atoms with Gasteiger partial charge in [0.15, 0.2) is 6.04 Å². The Balaban J connectivity index is 1.96. The first kappa shape index (κ1) is 21.1. The van der Waals surface area contributed by atoms with E-state index in [9.17, 15) is 19.5 Å². The van der Waals surface area contributed by atoms with Gasteiger partial charge in [0.25, 0.3) is 11.8 Å². The Morgan fingerprint density at radius 3 is 2.35 bits per heavy atom. The van der Waals surface area contributed by atoms with Crippen molar-refractivity contribution in [3.63, 3.8) is 0 Å². The predicted molar refractivity (Wildman–Crippen MR) is 120 cm³/mol. The molecule has 0 radical (unpaired) electrons. The topological polar surface area (TPSA) is 86.7 Å². The summed E-state index contributed by atoms with van der Waals surface area (Å²) >= 11 is 9.35. The van der Waals surface area contributed by atoms with E-state index in [1.807, 2.05) is 0 Å². The third-order valence-corrected chi connectivity index (χ3v) is 5.79. The molecular weight excluding hydrogens is 484 g/mol. The Morgan fingerprint density at radius 1 is 1.03 bits per heavy atom. The van der Waals surface area contributed by atoms with Crippen LogP contribution in [0.4, 0.5) is 5.69 Å². The molecular formula is C23H16BrClN2O4. The van der Waals surface area contributed by atoms with Gasteiger partial charge < -0.3 is 15.3 Å². The number of hydrogen-bond acceptors (Lipinski definition) is 3. The van der Waals surface area contributed by atoms with Crippen LogP contribution in [0, 0.1) is 0 Å². The minimum atomic E-state index is -1.38. The number of hydrogen-bond donors (Lipinski definition) is 2. The van der Waals surface area contributed by atoms with Crippen LogP contribution in [0.2, 0.25) is 5.02 Å². The highest BCUT2D eigenvalue weighted by Crippen LogP contribution is 2.38. The molecule has 0 aliphatic carbocycles. The van der Waals surface area contributed by atoms with Crippen molar-refractivity contribution >= 4 is 51.0 Å². The number of rotatable bonds is 4. The number of fused-ring (bicyclic) bond motifs is 1. The van der Waals surface area contributed by atoms with E-state index < -0.39 is 29.9 Å². The Hall–Kier alpha value is -3.16. The number of aliphatic carboxylic acids is 1. The Labute approximate surface area is 191 Å². The summed E-state index contributed by atoms with van der Waals surface area (Å²) in [4.78, 5) is 40.6. The van der Waals surface area contributed by atoms with Gasteiger partial charge in [-0.1, -0.05) is 70.0 Å². The second-order valence-electron chi connectivity index (χ2n) is 7.00. The second-order valence-corrected chi connectivity index (χ2v) is 8.35. The molecule has 0 bridgehead atoms. The number of anilines is 1. The van der Waals surface area contributed by atoms with Crippen LogP contribution in [-0.2, 0) is 9.59 Å². The SMILES string of the molecule is O=C(O)C(c1ccccc1)N1C(=O)c2cc(Br)ccc2NC(=O)C1c1ccc(Cl)cc1. The summed E-state index contributed by atoms with van der Waals surface area (Å²) in [6, 6.07) is 17.1. The lowest BCUT2D eigenvalue weighted by atomic mass is 9.98. The molecule has 6 nitrogen and oxygen atoms in total. The molecule has 1 heterocycles. The van der Waals surface area contributed by atoms with Crippen molar-refractivity contribution in [1.29, 1.82) is 0 Å². The number of nitrogens with zero attached hydrogens (tertiary/aromatic N) is 1. The smallest absolute Gasteiger partial charge is 0.331 e. The number of carboxylic acid groups (broad SMARTS) is 1. The van der Waals surface area contributed by atoms with Crippen LogP contribution in [0.25, 0.3) is 0 Å². The maximum Gasteiger partial charge on any atom is 0.331 e. The quantitative estimate of drug-likeness (QED) is 0.525. The van der Waals surface area contributed by atoms with Crippen LogP contribution >= 0.6 is 27.5 Å². The fourth-order valence-electron chi connectivity index (χ4n) is 3.67. The number of nitrogens with one attached hydrogen (secondary N) is 1. The summed E-state index contributed by atoms with van der Waals surface area (Å²) in [5.41, 5.74) is 1.34. The first-order valence-corrected chi connectivity index (χ1v) is 10.5. The maximum absolute atomic E-state index is 13.7. The largest absolute Gasteiger partial charge is 0.479 e. The van der Waals surface area contributed by atoms with Gasteiger partial charge in [-0.3, -0.25) is 9.59 Å². The molecule has 4 rings (SSSR count). The van der Waals surface area contributed by atoms with Crippen LogP contribution in [0.15, 0.2) is 77.3 Å². The van der Waals surface area contributed by atoms with Crippen LogP contribution in [-0.4, -0.2) is 27.8 Å². The fourth-order valence-corrected chi connectivity index (χ4v) is 4.15. The lowest BCUT2D eigenvalue weighted by molar-refractivity contribution is -0.144. The van der Waals surface area contributed by atoms with Crippen LogP contribution < -0.4 is 5.32 Å². The molecule has 0 saturated heterocycles. The number of halogens is 2. The van der Waals surface area contributed by atoms with Crippen LogP contribution in [0.1, 0.15) is 33.6 Å². The zero-order chi connectivity index (χ0) is 22.1. The minimum Gasteiger partial charge on any atom is -0.479 e. The van der Waals surface area contributed by atoms with E-state index in [2.05, 4.69) is 21.2 Å². The van der Waals surface area contributed by atoms with Gasteiger partial charge in [-0.15, -0.1) is 0 Å². The van der Waals surface area contributed by atoms with Gasteiger partial charge in [0.2, 0.25) is 0 Å². The zero-order valence-electron chi connectivity index (χ0n) is 16.0. The molecule has 2 unspecified atom stereocenters. The molecule has 0 fully saturated rings. The predicted octanol–water partition coefficient (Wildman–Crippen LogP) is 5.06. The zero-order valence-corrected chi connectivity index (χ0v) is 18.3. The van der Waals surface area contributed by atoms with Gasteiger partial charge in [0.1, 0.15) is 6.04 Å². The lowest BCUT2D eigenvalue weighted by Crippen LogP contribution is -2.44. The molecule has 8 heteroatoms. The molecule has 2 amide bonds. The van der Waals surface area contributed by atoms with Crippen LogP contribution in [0.5, 0.6) is 0 Å². The highest BCUT2D eigenvalue weighted by Gasteiger charge is 2.43. The van der Waals surface area contributed by atoms with E-state index in [1.54, 1.807) is 72.8 Å². The van der Waals surface area contributed by atoms with Crippen molar-refractivity contribution in [3.05, 3.63) is 99.0 Å². The summed E-state index contributed by atoms with van der Waals surface area (Å²) < 4.78 is 0.630. The van der Waals surface area contributed by atoms with E-state index in [4.69, 9.17) is 11.6 Å². The minimum absolute atomic E-state index is 0.196. The van der Waals surface area contributed by atoms with Gasteiger partial charge in [0.05, 0.1) is 11.3 Å². The van der Waals surface area contributed by atoms with Crippen molar-refractivity contribution in [1.82, 2.24) is 4.90 Å². The number of carbonyl (C=O) groups is 3. The Kier molecular flexibility index (Phi) is 5.80. The summed E-state index contributed by atoms with van der Waals surface area (Å²) in [5, 5.41) is 13.4. The summed E-state index contributed by atoms with van der Waals surface area (Å²) in [5.74, 6) is -2.34. The number of amides is 2. The monoisotopic (exact) mass is 498 g/mol. The molecule has 31 heavy (non-hydrogen) atoms. The van der Waals surface area contributed by atoms with Gasteiger partial charge in [0, 0.05) is 9.50 Å². The number of carbonyl (C=O) groups excluding carboxylic acids is 2. The van der Waals surface area contributed by atoms with E-state index in [-0.39, 0.29) is 5.56 Å². The summed E-state index contributed by atoms with van der Waals surface area (Å²) in [7, 11) is 0. The molecule has 0 saturated carbocycles. The highest BCUT2D eigenvalue weighted by molar-refractivity contribution is 9.10. The van der Waals surface area contributed by atoms with E-state index in [1.165, 1.54) is 0 Å². The van der Waals surface area contributed by atoms with Gasteiger partial charge in [-0.2, -0.15) is 0 Å². The molecule has 0 spiro atoms. The average molecular weight is 500 g/mol. The van der Waals surface area contributed by atoms with Gasteiger partial charge >= 0.3 is 5.97 Å². The van der Waals surface area contributed by atoms with Crippen LogP contribution in [0.3, 0.4) is 0 Å². The second kappa shape index (κ2) is 8.53. The Bertz CT molecular complexity index is 1170. The van der Waals surface area contributed by atoms with Gasteiger partial charge in [-0.25, -0.2) is 4.79 Å². The number of carboxylic acids is 1. The molecule has 2 atom stereocenters. The maximum atomic E-state index is 13.7. The summed E-state index contributed by atoms with van der Waals surface area (Å²) in [6.07, 6.45) is 0. The normalized spacial score (nSPS) is 16.8. The third-order valence-electron chi connectivity index (χ3n) is 5.04. The standard InChI is InChI=1S/C23H16BrClN2O4/c24-15-8-11-18-17(12-15)22(29)27(20(23(30)31)13-4-2-1-3-5-13)19(21(28)26-18)14-6-9-16(25)10-7-14/h1-12,19-20H,(H,26,28)(H,30,31). The molecule has 3 aromatic rings. The molecule has 1 aliphatic rings.